The zero-order valence-electron chi connectivity index (χ0n) is 23.9. The summed E-state index contributed by atoms with van der Waals surface area (Å²) in [6.07, 6.45) is 5.77. The molecular formula is C30H43F2N7O. The second kappa shape index (κ2) is 15.3. The van der Waals surface area contributed by atoms with Gasteiger partial charge < -0.3 is 31.3 Å². The zero-order valence-corrected chi connectivity index (χ0v) is 23.9. The van der Waals surface area contributed by atoms with Crippen molar-refractivity contribution in [2.24, 2.45) is 16.6 Å². The zero-order chi connectivity index (χ0) is 29.1. The molecule has 1 fully saturated rings. The molecule has 0 amide bonds. The number of aliphatic imine (C=N–C) groups is 1. The molecule has 0 aliphatic carbocycles. The Hall–Kier alpha value is -3.50. The number of hydrogen-bond donors (Lipinski definition) is 4. The molecule has 2 atom stereocenters. The summed E-state index contributed by atoms with van der Waals surface area (Å²) >= 11 is 0. The molecule has 2 aliphatic heterocycles. The molecule has 0 saturated carbocycles. The molecule has 0 spiro atoms. The fourth-order valence-corrected chi connectivity index (χ4v) is 4.77. The van der Waals surface area contributed by atoms with Crippen molar-refractivity contribution in [3.05, 3.63) is 77.4 Å². The van der Waals surface area contributed by atoms with Crippen LogP contribution in [0, 0.1) is 5.92 Å². The first-order chi connectivity index (χ1) is 19.2. The molecule has 0 bridgehead atoms. The molecule has 2 aromatic rings. The molecule has 3 heterocycles. The fourth-order valence-electron chi connectivity index (χ4n) is 4.77. The number of hydrogen-bond acceptors (Lipinski definition) is 8. The SMILES string of the molecule is CCC(O)CN1CCC[C@@H](C)C1.CN/C(=C1/C(N)=NC=CN1C)c1ccc(CNc2cc(C(F)F)ccn2)cc1. The number of likely N-dealkylation sites (tertiary alicyclic amines) is 1. The van der Waals surface area contributed by atoms with Crippen LogP contribution in [0.4, 0.5) is 14.6 Å². The van der Waals surface area contributed by atoms with Gasteiger partial charge in [-0.3, -0.25) is 0 Å². The maximum absolute atomic E-state index is 12.8. The largest absolute Gasteiger partial charge is 0.392 e. The van der Waals surface area contributed by atoms with Crippen LogP contribution in [-0.2, 0) is 6.54 Å². The van der Waals surface area contributed by atoms with Gasteiger partial charge in [0.1, 0.15) is 17.4 Å². The number of likely N-dealkylation sites (N-methyl/N-ethyl adjacent to an activating group) is 1. The quantitative estimate of drug-likeness (QED) is 0.353. The van der Waals surface area contributed by atoms with Crippen LogP contribution in [-0.4, -0.2) is 65.6 Å². The van der Waals surface area contributed by atoms with E-state index in [-0.39, 0.29) is 11.7 Å². The molecule has 1 unspecified atom stereocenters. The number of anilines is 1. The summed E-state index contributed by atoms with van der Waals surface area (Å²) < 4.78 is 25.6. The monoisotopic (exact) mass is 555 g/mol. The van der Waals surface area contributed by atoms with Gasteiger partial charge in [-0.2, -0.15) is 0 Å². The molecule has 1 saturated heterocycles. The Kier molecular flexibility index (Phi) is 11.9. The van der Waals surface area contributed by atoms with Gasteiger partial charge in [-0.25, -0.2) is 18.8 Å². The van der Waals surface area contributed by atoms with Crippen LogP contribution in [0.25, 0.3) is 5.70 Å². The lowest BCUT2D eigenvalue weighted by Crippen LogP contribution is -2.39. The Bertz CT molecular complexity index is 1170. The Morgan fingerprint density at radius 1 is 1.23 bits per heavy atom. The number of nitrogens with two attached hydrogens (primary N) is 1. The summed E-state index contributed by atoms with van der Waals surface area (Å²) in [5.74, 6) is 1.67. The van der Waals surface area contributed by atoms with E-state index in [2.05, 4.69) is 32.4 Å². The minimum atomic E-state index is -2.51. The highest BCUT2D eigenvalue weighted by molar-refractivity contribution is 6.04. The molecule has 0 radical (unpaired) electrons. The number of piperidine rings is 1. The van der Waals surface area contributed by atoms with Crippen molar-refractivity contribution in [2.75, 3.05) is 39.0 Å². The molecule has 1 aromatic heterocycles. The molecule has 4 rings (SSSR count). The van der Waals surface area contributed by atoms with E-state index in [9.17, 15) is 13.9 Å². The Morgan fingerprint density at radius 3 is 2.60 bits per heavy atom. The highest BCUT2D eigenvalue weighted by Gasteiger charge is 2.18. The van der Waals surface area contributed by atoms with Crippen molar-refractivity contribution in [3.8, 4) is 0 Å². The average Bonchev–Trinajstić information content (AvgIpc) is 2.95. The van der Waals surface area contributed by atoms with E-state index < -0.39 is 6.43 Å². The highest BCUT2D eigenvalue weighted by atomic mass is 19.3. The maximum Gasteiger partial charge on any atom is 0.264 e. The fraction of sp³-hybridized carbons (Fsp3) is 0.467. The van der Waals surface area contributed by atoms with Crippen LogP contribution in [0.5, 0.6) is 0 Å². The molecule has 2 aliphatic rings. The molecular weight excluding hydrogens is 512 g/mol. The van der Waals surface area contributed by atoms with Crippen LogP contribution in [0.15, 0.2) is 65.7 Å². The van der Waals surface area contributed by atoms with Crippen molar-refractivity contribution < 1.29 is 13.9 Å². The third-order valence-electron chi connectivity index (χ3n) is 7.02. The number of nitrogens with one attached hydrogen (secondary N) is 2. The van der Waals surface area contributed by atoms with Crippen molar-refractivity contribution in [1.29, 1.82) is 0 Å². The summed E-state index contributed by atoms with van der Waals surface area (Å²) in [5.41, 5.74) is 9.60. The Balaban J connectivity index is 0.000000307. The highest BCUT2D eigenvalue weighted by Crippen LogP contribution is 2.23. The summed E-state index contributed by atoms with van der Waals surface area (Å²) in [6, 6.07) is 10.5. The van der Waals surface area contributed by atoms with Crippen LogP contribution < -0.4 is 16.4 Å². The van der Waals surface area contributed by atoms with Gasteiger partial charge in [0.05, 0.1) is 11.8 Å². The summed E-state index contributed by atoms with van der Waals surface area (Å²) in [4.78, 5) is 12.5. The smallest absolute Gasteiger partial charge is 0.264 e. The van der Waals surface area contributed by atoms with Crippen molar-refractivity contribution in [1.82, 2.24) is 20.1 Å². The van der Waals surface area contributed by atoms with Gasteiger partial charge >= 0.3 is 0 Å². The van der Waals surface area contributed by atoms with Crippen LogP contribution in [0.3, 0.4) is 0 Å². The second-order valence-corrected chi connectivity index (χ2v) is 10.3. The minimum absolute atomic E-state index is 0.0527. The number of aliphatic hydroxyl groups excluding tert-OH is 1. The first-order valence-corrected chi connectivity index (χ1v) is 13.8. The maximum atomic E-state index is 12.8. The van der Waals surface area contributed by atoms with Gasteiger partial charge in [-0.15, -0.1) is 0 Å². The van der Waals surface area contributed by atoms with E-state index in [1.165, 1.54) is 44.3 Å². The third-order valence-corrected chi connectivity index (χ3v) is 7.02. The number of aromatic nitrogens is 1. The lowest BCUT2D eigenvalue weighted by atomic mass is 10.00. The normalized spacial score (nSPS) is 19.4. The number of aliphatic hydroxyl groups is 1. The number of alkyl halides is 2. The van der Waals surface area contributed by atoms with Crippen LogP contribution >= 0.6 is 0 Å². The predicted octanol–water partition coefficient (Wildman–Crippen LogP) is 4.78. The predicted molar refractivity (Wildman–Crippen MR) is 159 cm³/mol. The lowest BCUT2D eigenvalue weighted by molar-refractivity contribution is 0.0853. The Morgan fingerprint density at radius 2 is 1.98 bits per heavy atom. The van der Waals surface area contributed by atoms with Crippen molar-refractivity contribution in [3.63, 3.8) is 0 Å². The number of rotatable bonds is 9. The van der Waals surface area contributed by atoms with Crippen molar-refractivity contribution in [2.45, 2.75) is 52.2 Å². The summed E-state index contributed by atoms with van der Waals surface area (Å²) in [5, 5.41) is 15.7. The average molecular weight is 556 g/mol. The molecule has 218 valence electrons. The third kappa shape index (κ3) is 9.02. The van der Waals surface area contributed by atoms with Gasteiger partial charge in [0, 0.05) is 57.9 Å². The van der Waals surface area contributed by atoms with E-state index in [4.69, 9.17) is 5.73 Å². The van der Waals surface area contributed by atoms with E-state index in [0.717, 1.165) is 41.4 Å². The Labute approximate surface area is 236 Å². The molecule has 1 aromatic carbocycles. The van der Waals surface area contributed by atoms with Gasteiger partial charge in [0.15, 0.2) is 0 Å². The minimum Gasteiger partial charge on any atom is -0.392 e. The summed E-state index contributed by atoms with van der Waals surface area (Å²) in [6.45, 7) is 8.04. The molecule has 5 N–H and O–H groups in total. The topological polar surface area (TPSA) is 102 Å². The first-order valence-electron chi connectivity index (χ1n) is 13.8. The van der Waals surface area contributed by atoms with Crippen molar-refractivity contribution >= 4 is 17.4 Å². The summed E-state index contributed by atoms with van der Waals surface area (Å²) in [7, 11) is 3.74. The standard InChI is InChI=1S/C20H22F2N6.C10H21NO/c1-24-17(18-20(23)26-9-10-28(18)2)14-5-3-13(4-6-14)12-27-16-11-15(19(21)22)7-8-25-16;1-3-10(12)8-11-6-4-5-9(2)7-11/h3-11,19,24H,12H2,1-2H3,(H2,23,26)(H,25,27);9-10,12H,3-8H2,1-2H3/b18-17-;/t;9-,10?/m.1/s1. The van der Waals surface area contributed by atoms with E-state index in [1.807, 2.05) is 56.4 Å². The number of β-amino-alcohol motifs (C(OH)–C–C–N with tert-alkyl or cyclic N) is 1. The number of amidine groups is 1. The van der Waals surface area contributed by atoms with Crippen LogP contribution in [0.1, 0.15) is 56.2 Å². The van der Waals surface area contributed by atoms with Gasteiger partial charge in [0.25, 0.3) is 6.43 Å². The molecule has 10 heteroatoms. The van der Waals surface area contributed by atoms with Gasteiger partial charge in [-0.05, 0) is 55.0 Å². The van der Waals surface area contributed by atoms with E-state index in [0.29, 0.717) is 18.2 Å². The second-order valence-electron chi connectivity index (χ2n) is 10.3. The lowest BCUT2D eigenvalue weighted by Gasteiger charge is -2.31. The number of benzene rings is 1. The van der Waals surface area contributed by atoms with E-state index >= 15 is 0 Å². The molecule has 40 heavy (non-hydrogen) atoms. The van der Waals surface area contributed by atoms with E-state index in [1.54, 1.807) is 6.20 Å². The number of nitrogens with zero attached hydrogens (tertiary/aromatic N) is 4. The number of halogens is 2. The first kappa shape index (κ1) is 31.0. The van der Waals surface area contributed by atoms with Crippen LogP contribution in [0.2, 0.25) is 0 Å². The molecule has 8 nitrogen and oxygen atoms in total. The van der Waals surface area contributed by atoms with Gasteiger partial charge in [-0.1, -0.05) is 38.1 Å². The van der Waals surface area contributed by atoms with Gasteiger partial charge in [0.2, 0.25) is 0 Å². The number of pyridine rings is 1.